The minimum absolute atomic E-state index is 0.0257. The number of hydrogen-bond donors (Lipinski definition) is 1. The zero-order valence-corrected chi connectivity index (χ0v) is 21.4. The Labute approximate surface area is 221 Å². The molecule has 1 aliphatic rings. The van der Waals surface area contributed by atoms with Crippen molar-refractivity contribution in [3.05, 3.63) is 65.7 Å². The highest BCUT2D eigenvalue weighted by Crippen LogP contribution is 2.37. The molecular formula is C23H18ClN7O4S2. The Balaban J connectivity index is 1.46. The van der Waals surface area contributed by atoms with E-state index in [1.165, 1.54) is 30.9 Å². The van der Waals surface area contributed by atoms with Gasteiger partial charge in [0.25, 0.3) is 10.0 Å². The van der Waals surface area contributed by atoms with Gasteiger partial charge in [-0.2, -0.15) is 9.64 Å². The van der Waals surface area contributed by atoms with E-state index in [9.17, 15) is 13.7 Å². The van der Waals surface area contributed by atoms with Crippen molar-refractivity contribution in [2.45, 2.75) is 4.90 Å². The Morgan fingerprint density at radius 1 is 1.05 bits per heavy atom. The molecule has 0 saturated carbocycles. The van der Waals surface area contributed by atoms with Crippen LogP contribution in [0.3, 0.4) is 0 Å². The van der Waals surface area contributed by atoms with Gasteiger partial charge in [0.15, 0.2) is 0 Å². The fourth-order valence-electron chi connectivity index (χ4n) is 3.61. The number of sulfonamides is 1. The number of nitrogens with zero attached hydrogens (tertiary/aromatic N) is 6. The molecule has 5 rings (SSSR count). The lowest BCUT2D eigenvalue weighted by Gasteiger charge is -2.27. The smallest absolute Gasteiger partial charge is 0.263 e. The summed E-state index contributed by atoms with van der Waals surface area (Å²) >= 11 is 7.18. The van der Waals surface area contributed by atoms with Gasteiger partial charge in [0.2, 0.25) is 5.13 Å². The molecule has 4 aromatic rings. The minimum Gasteiger partial charge on any atom is -0.455 e. The number of halogens is 1. The van der Waals surface area contributed by atoms with Crippen LogP contribution in [-0.2, 0) is 14.8 Å². The lowest BCUT2D eigenvalue weighted by Crippen LogP contribution is -2.36. The summed E-state index contributed by atoms with van der Waals surface area (Å²) in [5.41, 5.74) is 1.19. The van der Waals surface area contributed by atoms with Crippen LogP contribution in [-0.4, -0.2) is 54.0 Å². The molecule has 0 spiro atoms. The summed E-state index contributed by atoms with van der Waals surface area (Å²) < 4.78 is 43.0. The number of ether oxygens (including phenoxy) is 2. The number of rotatable bonds is 7. The molecule has 0 unspecified atom stereocenters. The number of hydrogen-bond acceptors (Lipinski definition) is 11. The van der Waals surface area contributed by atoms with E-state index in [0.29, 0.717) is 48.3 Å². The average molecular weight is 556 g/mol. The van der Waals surface area contributed by atoms with Crippen LogP contribution in [0.2, 0.25) is 5.02 Å². The monoisotopic (exact) mass is 555 g/mol. The molecule has 11 nitrogen and oxygen atoms in total. The fourth-order valence-corrected chi connectivity index (χ4v) is 5.47. The highest BCUT2D eigenvalue weighted by atomic mass is 35.5. The number of morpholine rings is 1. The van der Waals surface area contributed by atoms with Gasteiger partial charge in [-0.05, 0) is 36.4 Å². The molecule has 188 valence electrons. The van der Waals surface area contributed by atoms with Crippen LogP contribution in [0.5, 0.6) is 11.5 Å². The van der Waals surface area contributed by atoms with E-state index in [2.05, 4.69) is 28.9 Å². The third-order valence-electron chi connectivity index (χ3n) is 5.39. The molecule has 0 atom stereocenters. The number of nitriles is 1. The van der Waals surface area contributed by atoms with E-state index in [1.54, 1.807) is 18.2 Å². The fraction of sp³-hybridized carbons (Fsp3) is 0.174. The maximum absolute atomic E-state index is 12.7. The molecule has 1 N–H and O–H groups in total. The second-order valence-corrected chi connectivity index (χ2v) is 10.6. The largest absolute Gasteiger partial charge is 0.455 e. The first-order valence-corrected chi connectivity index (χ1v) is 13.5. The van der Waals surface area contributed by atoms with Gasteiger partial charge < -0.3 is 14.4 Å². The second kappa shape index (κ2) is 10.7. The van der Waals surface area contributed by atoms with E-state index < -0.39 is 10.0 Å². The Bertz CT molecular complexity index is 1570. The first-order valence-electron chi connectivity index (χ1n) is 10.9. The number of benzene rings is 2. The van der Waals surface area contributed by atoms with Gasteiger partial charge in [0.1, 0.15) is 36.0 Å². The molecule has 14 heteroatoms. The number of aromatic nitrogens is 4. The number of anilines is 2. The molecule has 1 fully saturated rings. The van der Waals surface area contributed by atoms with Gasteiger partial charge in [0, 0.05) is 41.3 Å². The van der Waals surface area contributed by atoms with Crippen molar-refractivity contribution in [2.24, 2.45) is 0 Å². The summed E-state index contributed by atoms with van der Waals surface area (Å²) in [6.07, 6.45) is 2.71. The van der Waals surface area contributed by atoms with Crippen LogP contribution in [0.4, 0.5) is 10.9 Å². The van der Waals surface area contributed by atoms with Gasteiger partial charge >= 0.3 is 0 Å². The zero-order chi connectivity index (χ0) is 25.8. The van der Waals surface area contributed by atoms with Crippen molar-refractivity contribution in [3.8, 4) is 28.8 Å². The maximum atomic E-state index is 12.7. The molecule has 2 aromatic carbocycles. The third-order valence-corrected chi connectivity index (χ3v) is 7.67. The van der Waals surface area contributed by atoms with E-state index in [4.69, 9.17) is 21.1 Å². The summed E-state index contributed by atoms with van der Waals surface area (Å²) in [5, 5.41) is 10.3. The summed E-state index contributed by atoms with van der Waals surface area (Å²) in [4.78, 5) is 14.6. The second-order valence-electron chi connectivity index (χ2n) is 7.73. The quantitative estimate of drug-likeness (QED) is 0.356. The maximum Gasteiger partial charge on any atom is 0.263 e. The molecule has 3 heterocycles. The van der Waals surface area contributed by atoms with Gasteiger partial charge in [-0.25, -0.2) is 23.4 Å². The van der Waals surface area contributed by atoms with Crippen molar-refractivity contribution >= 4 is 44.1 Å². The molecule has 1 aliphatic heterocycles. The lowest BCUT2D eigenvalue weighted by molar-refractivity contribution is 0.122. The van der Waals surface area contributed by atoms with Crippen LogP contribution in [0.15, 0.2) is 60.0 Å². The van der Waals surface area contributed by atoms with Crippen molar-refractivity contribution < 1.29 is 17.9 Å². The van der Waals surface area contributed by atoms with E-state index in [0.717, 1.165) is 17.4 Å². The van der Waals surface area contributed by atoms with Crippen molar-refractivity contribution in [1.82, 2.24) is 19.3 Å². The molecule has 0 amide bonds. The first kappa shape index (κ1) is 24.8. The van der Waals surface area contributed by atoms with E-state index >= 15 is 0 Å². The third kappa shape index (κ3) is 5.62. The Kier molecular flexibility index (Phi) is 7.15. The van der Waals surface area contributed by atoms with Gasteiger partial charge in [-0.15, -0.1) is 0 Å². The van der Waals surface area contributed by atoms with Crippen molar-refractivity contribution in [1.29, 1.82) is 5.26 Å². The van der Waals surface area contributed by atoms with Gasteiger partial charge in [-0.1, -0.05) is 11.6 Å². The lowest BCUT2D eigenvalue weighted by atomic mass is 10.1. The molecule has 37 heavy (non-hydrogen) atoms. The molecule has 0 bridgehead atoms. The molecule has 2 aromatic heterocycles. The Morgan fingerprint density at radius 3 is 2.62 bits per heavy atom. The van der Waals surface area contributed by atoms with Crippen LogP contribution < -0.4 is 14.4 Å². The van der Waals surface area contributed by atoms with E-state index in [1.807, 2.05) is 12.1 Å². The molecular weight excluding hydrogens is 538 g/mol. The van der Waals surface area contributed by atoms with Gasteiger partial charge in [0.05, 0.1) is 29.4 Å². The predicted octanol–water partition coefficient (Wildman–Crippen LogP) is 3.95. The molecule has 0 radical (unpaired) electrons. The van der Waals surface area contributed by atoms with Crippen LogP contribution in [0.25, 0.3) is 11.3 Å². The van der Waals surface area contributed by atoms with E-state index in [-0.39, 0.29) is 21.3 Å². The molecule has 0 aliphatic carbocycles. The summed E-state index contributed by atoms with van der Waals surface area (Å²) in [7, 11) is -3.97. The van der Waals surface area contributed by atoms with Crippen LogP contribution >= 0.6 is 23.1 Å². The Morgan fingerprint density at radius 2 is 1.86 bits per heavy atom. The summed E-state index contributed by atoms with van der Waals surface area (Å²) in [6.45, 7) is 2.65. The van der Waals surface area contributed by atoms with Crippen LogP contribution in [0.1, 0.15) is 5.56 Å². The average Bonchev–Trinajstić information content (AvgIpc) is 3.42. The summed E-state index contributed by atoms with van der Waals surface area (Å²) in [5.74, 6) is 1.30. The van der Waals surface area contributed by atoms with Crippen molar-refractivity contribution in [3.63, 3.8) is 0 Å². The standard InChI is InChI=1S/C23H18ClN7O4S2/c24-16-1-3-21(18(10-16)19-11-22(27-13-26-19)31-5-7-34-8-6-31)35-20-4-2-17(9-15(20)12-25)37(32,33)30-23-28-14-29-36-23/h1-4,9-11,13-14H,5-8H2,(H,28,29,30). The first-order chi connectivity index (χ1) is 17.9. The van der Waals surface area contributed by atoms with Crippen LogP contribution in [0, 0.1) is 11.3 Å². The highest BCUT2D eigenvalue weighted by molar-refractivity contribution is 7.93. The highest BCUT2D eigenvalue weighted by Gasteiger charge is 2.20. The topological polar surface area (TPSA) is 143 Å². The minimum atomic E-state index is -3.97. The Hall–Kier alpha value is -3.83. The molecule has 1 saturated heterocycles. The normalized spacial score (nSPS) is 13.7. The zero-order valence-electron chi connectivity index (χ0n) is 19.0. The predicted molar refractivity (Wildman–Crippen MR) is 137 cm³/mol. The number of nitrogens with one attached hydrogen (secondary N) is 1. The SMILES string of the molecule is N#Cc1cc(S(=O)(=O)Nc2ncns2)ccc1Oc1ccc(Cl)cc1-c1cc(N2CCOCC2)ncn1. The van der Waals surface area contributed by atoms with Crippen molar-refractivity contribution in [2.75, 3.05) is 35.9 Å². The van der Waals surface area contributed by atoms with Gasteiger partial charge in [-0.3, -0.25) is 4.72 Å². The summed E-state index contributed by atoms with van der Waals surface area (Å²) in [6, 6.07) is 12.9.